The lowest BCUT2D eigenvalue weighted by Gasteiger charge is -2.08. The Labute approximate surface area is 138 Å². The van der Waals surface area contributed by atoms with Crippen LogP contribution in [0.4, 0.5) is 0 Å². The van der Waals surface area contributed by atoms with E-state index in [4.69, 9.17) is 0 Å². The maximum Gasteiger partial charge on any atom is 0.342 e. The lowest BCUT2D eigenvalue weighted by Crippen LogP contribution is -2.26. The van der Waals surface area contributed by atoms with Crippen LogP contribution in [0, 0.1) is 0 Å². The normalized spacial score (nSPS) is 11.0. The summed E-state index contributed by atoms with van der Waals surface area (Å²) in [5, 5.41) is 13.5. The van der Waals surface area contributed by atoms with E-state index in [0.717, 1.165) is 29.3 Å². The van der Waals surface area contributed by atoms with E-state index in [-0.39, 0.29) is 5.56 Å². The van der Waals surface area contributed by atoms with Gasteiger partial charge in [-0.05, 0) is 6.42 Å². The van der Waals surface area contributed by atoms with Crippen molar-refractivity contribution in [2.75, 3.05) is 0 Å². The zero-order valence-corrected chi connectivity index (χ0v) is 13.3. The third-order valence-electron chi connectivity index (χ3n) is 3.82. The molecule has 3 rings (SSSR count). The molecule has 7 nitrogen and oxygen atoms in total. The van der Waals surface area contributed by atoms with Gasteiger partial charge in [-0.2, -0.15) is 9.50 Å². The van der Waals surface area contributed by atoms with Gasteiger partial charge in [0.05, 0.1) is 0 Å². The Balaban J connectivity index is 2.17. The van der Waals surface area contributed by atoms with E-state index < -0.39 is 11.5 Å². The number of aromatic carboxylic acids is 1. The van der Waals surface area contributed by atoms with Gasteiger partial charge in [0.25, 0.3) is 5.56 Å². The van der Waals surface area contributed by atoms with Gasteiger partial charge in [-0.1, -0.05) is 50.1 Å². The number of hydrogen-bond acceptors (Lipinski definition) is 4. The largest absolute Gasteiger partial charge is 0.477 e. The molecule has 0 saturated carbocycles. The molecule has 0 bridgehead atoms. The van der Waals surface area contributed by atoms with Crippen LogP contribution in [0.1, 0.15) is 36.5 Å². The predicted octanol–water partition coefficient (Wildman–Crippen LogP) is 2.45. The van der Waals surface area contributed by atoms with E-state index in [1.165, 1.54) is 6.20 Å². The summed E-state index contributed by atoms with van der Waals surface area (Å²) in [7, 11) is 0. The maximum atomic E-state index is 12.4. The van der Waals surface area contributed by atoms with Gasteiger partial charge in [0, 0.05) is 18.3 Å². The molecule has 0 atom stereocenters. The van der Waals surface area contributed by atoms with Crippen molar-refractivity contribution >= 4 is 11.7 Å². The van der Waals surface area contributed by atoms with Crippen molar-refractivity contribution in [2.45, 2.75) is 32.7 Å². The van der Waals surface area contributed by atoms with Gasteiger partial charge in [0.1, 0.15) is 5.56 Å². The fourth-order valence-electron chi connectivity index (χ4n) is 2.56. The minimum atomic E-state index is -1.26. The van der Waals surface area contributed by atoms with Crippen LogP contribution in [-0.4, -0.2) is 30.2 Å². The first-order valence-electron chi connectivity index (χ1n) is 7.90. The fraction of sp³-hybridized carbons (Fsp3) is 0.294. The van der Waals surface area contributed by atoms with E-state index in [9.17, 15) is 14.7 Å². The number of fused-ring (bicyclic) bond motifs is 1. The Kier molecular flexibility index (Phi) is 4.41. The number of benzene rings is 1. The lowest BCUT2D eigenvalue weighted by molar-refractivity contribution is 0.0693. The molecule has 0 fully saturated rings. The van der Waals surface area contributed by atoms with Gasteiger partial charge in [0.15, 0.2) is 5.82 Å². The number of aromatic nitrogens is 4. The molecular weight excluding hydrogens is 308 g/mol. The Morgan fingerprint density at radius 3 is 2.62 bits per heavy atom. The molecule has 0 unspecified atom stereocenters. The van der Waals surface area contributed by atoms with E-state index in [0.29, 0.717) is 18.1 Å². The van der Waals surface area contributed by atoms with Crippen LogP contribution in [-0.2, 0) is 6.54 Å². The number of carboxylic acids is 1. The average Bonchev–Trinajstić information content (AvgIpc) is 3.04. The number of hydrogen-bond donors (Lipinski definition) is 1. The van der Waals surface area contributed by atoms with Crippen molar-refractivity contribution in [3.8, 4) is 11.4 Å². The van der Waals surface area contributed by atoms with Crippen LogP contribution >= 0.6 is 0 Å². The average molecular weight is 326 g/mol. The number of unbranched alkanes of at least 4 members (excludes halogenated alkanes) is 2. The first-order chi connectivity index (χ1) is 11.6. The minimum Gasteiger partial charge on any atom is -0.477 e. The van der Waals surface area contributed by atoms with Crippen LogP contribution in [0.5, 0.6) is 0 Å². The Morgan fingerprint density at radius 1 is 1.21 bits per heavy atom. The number of carbonyl (C=O) groups is 1. The molecule has 124 valence electrons. The summed E-state index contributed by atoms with van der Waals surface area (Å²) in [5.41, 5.74) is -0.194. The van der Waals surface area contributed by atoms with Crippen LogP contribution in [0.3, 0.4) is 0 Å². The van der Waals surface area contributed by atoms with Crippen molar-refractivity contribution in [1.29, 1.82) is 0 Å². The third-order valence-corrected chi connectivity index (χ3v) is 3.82. The maximum absolute atomic E-state index is 12.4. The van der Waals surface area contributed by atoms with E-state index in [1.807, 2.05) is 30.3 Å². The molecule has 0 aliphatic rings. The molecule has 3 aromatic rings. The van der Waals surface area contributed by atoms with Crippen LogP contribution in [0.15, 0.2) is 41.3 Å². The zero-order chi connectivity index (χ0) is 17.1. The summed E-state index contributed by atoms with van der Waals surface area (Å²) in [6.07, 6.45) is 4.30. The number of nitrogens with zero attached hydrogens (tertiary/aromatic N) is 4. The standard InChI is InChI=1S/C17H18N4O3/c1-2-3-7-10-20-11-13(16(23)24)15(22)21-17(20)18-14(19-21)12-8-5-4-6-9-12/h4-6,8-9,11H,2-3,7,10H2,1H3,(H,23,24). The van der Waals surface area contributed by atoms with Crippen LogP contribution < -0.4 is 5.56 Å². The number of carboxylic acid groups (broad SMARTS) is 1. The molecule has 0 aliphatic heterocycles. The first kappa shape index (κ1) is 15.9. The highest BCUT2D eigenvalue weighted by atomic mass is 16.4. The van der Waals surface area contributed by atoms with E-state index in [1.54, 1.807) is 4.57 Å². The minimum absolute atomic E-state index is 0.302. The van der Waals surface area contributed by atoms with Gasteiger partial charge in [0.2, 0.25) is 5.78 Å². The van der Waals surface area contributed by atoms with Crippen molar-refractivity contribution in [3.05, 3.63) is 52.4 Å². The molecular formula is C17H18N4O3. The second kappa shape index (κ2) is 6.66. The molecule has 0 amide bonds. The summed E-state index contributed by atoms with van der Waals surface area (Å²) in [4.78, 5) is 28.2. The Bertz CT molecular complexity index is 928. The lowest BCUT2D eigenvalue weighted by atomic mass is 10.2. The molecule has 2 aromatic heterocycles. The van der Waals surface area contributed by atoms with Gasteiger partial charge in [-0.3, -0.25) is 4.79 Å². The van der Waals surface area contributed by atoms with Crippen molar-refractivity contribution in [1.82, 2.24) is 19.2 Å². The summed E-state index contributed by atoms with van der Waals surface area (Å²) < 4.78 is 2.78. The highest BCUT2D eigenvalue weighted by Gasteiger charge is 2.18. The Morgan fingerprint density at radius 2 is 1.96 bits per heavy atom. The van der Waals surface area contributed by atoms with Crippen molar-refractivity contribution in [3.63, 3.8) is 0 Å². The second-order valence-electron chi connectivity index (χ2n) is 5.57. The molecule has 0 radical (unpaired) electrons. The first-order valence-corrected chi connectivity index (χ1v) is 7.90. The van der Waals surface area contributed by atoms with Gasteiger partial charge >= 0.3 is 5.97 Å². The number of aryl methyl sites for hydroxylation is 1. The molecule has 1 N–H and O–H groups in total. The fourth-order valence-corrected chi connectivity index (χ4v) is 2.56. The van der Waals surface area contributed by atoms with Crippen molar-refractivity contribution in [2.24, 2.45) is 0 Å². The molecule has 7 heteroatoms. The summed E-state index contributed by atoms with van der Waals surface area (Å²) in [6.45, 7) is 2.68. The molecule has 24 heavy (non-hydrogen) atoms. The van der Waals surface area contributed by atoms with Crippen LogP contribution in [0.25, 0.3) is 17.2 Å². The summed E-state index contributed by atoms with van der Waals surface area (Å²) in [6, 6.07) is 9.29. The summed E-state index contributed by atoms with van der Waals surface area (Å²) >= 11 is 0. The molecule has 0 aliphatic carbocycles. The van der Waals surface area contributed by atoms with Gasteiger partial charge in [-0.25, -0.2) is 4.79 Å². The molecule has 0 spiro atoms. The topological polar surface area (TPSA) is 89.5 Å². The Hall–Kier alpha value is -2.96. The highest BCUT2D eigenvalue weighted by Crippen LogP contribution is 2.15. The van der Waals surface area contributed by atoms with Crippen molar-refractivity contribution < 1.29 is 9.90 Å². The van der Waals surface area contributed by atoms with E-state index in [2.05, 4.69) is 17.0 Å². The highest BCUT2D eigenvalue weighted by molar-refractivity contribution is 5.87. The third kappa shape index (κ3) is 2.92. The molecule has 1 aromatic carbocycles. The van der Waals surface area contributed by atoms with E-state index >= 15 is 0 Å². The summed E-state index contributed by atoms with van der Waals surface area (Å²) in [5.74, 6) is -0.498. The van der Waals surface area contributed by atoms with Crippen LogP contribution in [0.2, 0.25) is 0 Å². The van der Waals surface area contributed by atoms with Gasteiger partial charge in [-0.15, -0.1) is 5.10 Å². The van der Waals surface area contributed by atoms with Gasteiger partial charge < -0.3 is 9.67 Å². The monoisotopic (exact) mass is 326 g/mol. The number of rotatable bonds is 6. The quantitative estimate of drug-likeness (QED) is 0.703. The zero-order valence-electron chi connectivity index (χ0n) is 13.3. The smallest absolute Gasteiger partial charge is 0.342 e. The molecule has 0 saturated heterocycles. The molecule has 2 heterocycles. The SMILES string of the molecule is CCCCCn1cc(C(=O)O)c(=O)n2nc(-c3ccccc3)nc12. The second-order valence-corrected chi connectivity index (χ2v) is 5.57. The predicted molar refractivity (Wildman–Crippen MR) is 89.2 cm³/mol.